The van der Waals surface area contributed by atoms with Crippen LogP contribution in [-0.4, -0.2) is 58.0 Å². The number of hydrogen-bond acceptors (Lipinski definition) is 4. The molecule has 1 saturated heterocycles. The van der Waals surface area contributed by atoms with Crippen LogP contribution in [0, 0.1) is 6.92 Å². The average molecular weight is 294 g/mol. The number of aromatic nitrogens is 2. The Morgan fingerprint density at radius 2 is 2.33 bits per heavy atom. The van der Waals surface area contributed by atoms with Gasteiger partial charge in [0.2, 0.25) is 0 Å². The zero-order valence-corrected chi connectivity index (χ0v) is 13.0. The quantitative estimate of drug-likeness (QED) is 0.726. The van der Waals surface area contributed by atoms with Crippen molar-refractivity contribution in [2.45, 2.75) is 38.6 Å². The van der Waals surface area contributed by atoms with Gasteiger partial charge < -0.3 is 10.4 Å². The standard InChI is InChI=1S/C15H26N4O2/c1-12-10-14(17-18(12)2)15(21)16-7-3-4-8-19-9-5-6-13(19)11-20/h10,13,20H,3-9,11H2,1-2H3,(H,16,21). The van der Waals surface area contributed by atoms with Crippen molar-refractivity contribution in [2.24, 2.45) is 7.05 Å². The molecular formula is C15H26N4O2. The summed E-state index contributed by atoms with van der Waals surface area (Å²) >= 11 is 0. The Morgan fingerprint density at radius 3 is 3.00 bits per heavy atom. The largest absolute Gasteiger partial charge is 0.395 e. The molecule has 1 aliphatic heterocycles. The minimum absolute atomic E-state index is 0.104. The van der Waals surface area contributed by atoms with Crippen molar-refractivity contribution in [1.82, 2.24) is 20.0 Å². The van der Waals surface area contributed by atoms with Crippen LogP contribution in [0.25, 0.3) is 0 Å². The van der Waals surface area contributed by atoms with Crippen molar-refractivity contribution >= 4 is 5.91 Å². The summed E-state index contributed by atoms with van der Waals surface area (Å²) in [5.41, 5.74) is 1.46. The number of carbonyl (C=O) groups excluding carboxylic acids is 1. The number of likely N-dealkylation sites (tertiary alicyclic amines) is 1. The summed E-state index contributed by atoms with van der Waals surface area (Å²) in [7, 11) is 1.83. The maximum Gasteiger partial charge on any atom is 0.271 e. The number of nitrogens with zero attached hydrogens (tertiary/aromatic N) is 3. The Hall–Kier alpha value is -1.40. The van der Waals surface area contributed by atoms with E-state index >= 15 is 0 Å². The number of carbonyl (C=O) groups is 1. The predicted octanol–water partition coefficient (Wildman–Crippen LogP) is 0.695. The molecule has 1 fully saturated rings. The molecule has 6 heteroatoms. The highest BCUT2D eigenvalue weighted by molar-refractivity contribution is 5.92. The number of nitrogens with one attached hydrogen (secondary N) is 1. The summed E-state index contributed by atoms with van der Waals surface area (Å²) < 4.78 is 1.71. The molecule has 1 aliphatic rings. The van der Waals surface area contributed by atoms with E-state index in [0.717, 1.165) is 38.0 Å². The van der Waals surface area contributed by atoms with Crippen molar-refractivity contribution < 1.29 is 9.90 Å². The van der Waals surface area contributed by atoms with Gasteiger partial charge in [-0.1, -0.05) is 0 Å². The molecule has 0 saturated carbocycles. The fourth-order valence-electron chi connectivity index (χ4n) is 2.80. The SMILES string of the molecule is Cc1cc(C(=O)NCCCCN2CCCC2CO)nn1C. The van der Waals surface area contributed by atoms with Crippen molar-refractivity contribution in [3.63, 3.8) is 0 Å². The molecule has 0 spiro atoms. The Kier molecular flexibility index (Phi) is 5.76. The fraction of sp³-hybridized carbons (Fsp3) is 0.733. The van der Waals surface area contributed by atoms with Crippen LogP contribution < -0.4 is 5.32 Å². The fourth-order valence-corrected chi connectivity index (χ4v) is 2.80. The van der Waals surface area contributed by atoms with E-state index in [4.69, 9.17) is 0 Å². The van der Waals surface area contributed by atoms with Crippen LogP contribution in [0.15, 0.2) is 6.07 Å². The van der Waals surface area contributed by atoms with Crippen molar-refractivity contribution in [3.05, 3.63) is 17.5 Å². The smallest absolute Gasteiger partial charge is 0.271 e. The van der Waals surface area contributed by atoms with Gasteiger partial charge in [-0.2, -0.15) is 5.10 Å². The lowest BCUT2D eigenvalue weighted by Gasteiger charge is -2.22. The molecule has 2 heterocycles. The molecule has 0 aromatic carbocycles. The summed E-state index contributed by atoms with van der Waals surface area (Å²) in [5.74, 6) is -0.104. The first-order valence-electron chi connectivity index (χ1n) is 7.75. The minimum atomic E-state index is -0.104. The third-order valence-corrected chi connectivity index (χ3v) is 4.21. The molecule has 0 aliphatic carbocycles. The third-order valence-electron chi connectivity index (χ3n) is 4.21. The summed E-state index contributed by atoms with van der Waals surface area (Å²) in [6, 6.07) is 2.14. The molecule has 1 atom stereocenters. The number of aliphatic hydroxyl groups excluding tert-OH is 1. The van der Waals surface area contributed by atoms with Crippen molar-refractivity contribution in [3.8, 4) is 0 Å². The molecule has 1 aromatic rings. The van der Waals surface area contributed by atoms with Crippen LogP contribution in [0.2, 0.25) is 0 Å². The molecule has 2 N–H and O–H groups in total. The molecular weight excluding hydrogens is 268 g/mol. The van der Waals surface area contributed by atoms with Crippen molar-refractivity contribution in [2.75, 3.05) is 26.2 Å². The lowest BCUT2D eigenvalue weighted by Crippen LogP contribution is -2.33. The predicted molar refractivity (Wildman–Crippen MR) is 81.2 cm³/mol. The van der Waals surface area contributed by atoms with Gasteiger partial charge in [-0.05, 0) is 51.8 Å². The highest BCUT2D eigenvalue weighted by Gasteiger charge is 2.22. The van der Waals surface area contributed by atoms with Gasteiger partial charge in [-0.25, -0.2) is 0 Å². The topological polar surface area (TPSA) is 70.4 Å². The van der Waals surface area contributed by atoms with Gasteiger partial charge in [0.15, 0.2) is 0 Å². The van der Waals surface area contributed by atoms with E-state index in [2.05, 4.69) is 15.3 Å². The summed E-state index contributed by atoms with van der Waals surface area (Å²) in [5, 5.41) is 16.3. The third kappa shape index (κ3) is 4.28. The van der Waals surface area contributed by atoms with Crippen LogP contribution in [0.3, 0.4) is 0 Å². The van der Waals surface area contributed by atoms with Gasteiger partial charge in [0.05, 0.1) is 6.61 Å². The Balaban J connectivity index is 1.62. The molecule has 2 rings (SSSR count). The summed E-state index contributed by atoms with van der Waals surface area (Å²) in [4.78, 5) is 14.2. The number of amides is 1. The van der Waals surface area contributed by atoms with Gasteiger partial charge in [0, 0.05) is 25.3 Å². The highest BCUT2D eigenvalue weighted by atomic mass is 16.3. The molecule has 118 valence electrons. The van der Waals surface area contributed by atoms with E-state index in [1.807, 2.05) is 14.0 Å². The van der Waals surface area contributed by atoms with E-state index in [-0.39, 0.29) is 12.5 Å². The molecule has 1 amide bonds. The van der Waals surface area contributed by atoms with Crippen LogP contribution in [0.1, 0.15) is 41.9 Å². The van der Waals surface area contributed by atoms with E-state index in [1.165, 1.54) is 6.42 Å². The summed E-state index contributed by atoms with van der Waals surface area (Å²) in [6.45, 7) is 4.95. The van der Waals surface area contributed by atoms with Gasteiger partial charge in [-0.15, -0.1) is 0 Å². The van der Waals surface area contributed by atoms with E-state index < -0.39 is 0 Å². The first-order chi connectivity index (χ1) is 10.1. The van der Waals surface area contributed by atoms with Crippen molar-refractivity contribution in [1.29, 1.82) is 0 Å². The average Bonchev–Trinajstić information content (AvgIpc) is 3.05. The summed E-state index contributed by atoms with van der Waals surface area (Å²) in [6.07, 6.45) is 4.28. The van der Waals surface area contributed by atoms with E-state index in [0.29, 0.717) is 18.3 Å². The van der Waals surface area contributed by atoms with Crippen LogP contribution >= 0.6 is 0 Å². The molecule has 0 radical (unpaired) electrons. The first-order valence-corrected chi connectivity index (χ1v) is 7.75. The van der Waals surface area contributed by atoms with E-state index in [9.17, 15) is 9.90 Å². The first kappa shape index (κ1) is 16.0. The van der Waals surface area contributed by atoms with Gasteiger partial charge in [-0.3, -0.25) is 14.4 Å². The molecule has 6 nitrogen and oxygen atoms in total. The minimum Gasteiger partial charge on any atom is -0.395 e. The Morgan fingerprint density at radius 1 is 1.52 bits per heavy atom. The van der Waals surface area contributed by atoms with Gasteiger partial charge in [0.1, 0.15) is 5.69 Å². The molecule has 1 unspecified atom stereocenters. The maximum absolute atomic E-state index is 11.9. The lowest BCUT2D eigenvalue weighted by molar-refractivity contribution is 0.0946. The normalized spacial score (nSPS) is 19.1. The van der Waals surface area contributed by atoms with Crippen LogP contribution in [-0.2, 0) is 7.05 Å². The van der Waals surface area contributed by atoms with Crippen LogP contribution in [0.5, 0.6) is 0 Å². The lowest BCUT2D eigenvalue weighted by atomic mass is 10.2. The van der Waals surface area contributed by atoms with E-state index in [1.54, 1.807) is 10.7 Å². The monoisotopic (exact) mass is 294 g/mol. The number of hydrogen-bond donors (Lipinski definition) is 2. The second kappa shape index (κ2) is 7.56. The van der Waals surface area contributed by atoms with Gasteiger partial charge in [0.25, 0.3) is 5.91 Å². The number of rotatable bonds is 7. The second-order valence-corrected chi connectivity index (χ2v) is 5.77. The number of unbranched alkanes of at least 4 members (excludes halogenated alkanes) is 1. The number of aryl methyl sites for hydroxylation is 2. The Bertz CT molecular complexity index is 453. The molecule has 21 heavy (non-hydrogen) atoms. The Labute approximate surface area is 126 Å². The maximum atomic E-state index is 11.9. The zero-order valence-electron chi connectivity index (χ0n) is 13.0. The second-order valence-electron chi connectivity index (χ2n) is 5.77. The molecule has 1 aromatic heterocycles. The van der Waals surface area contributed by atoms with Crippen LogP contribution in [0.4, 0.5) is 0 Å². The zero-order chi connectivity index (χ0) is 15.2. The highest BCUT2D eigenvalue weighted by Crippen LogP contribution is 2.16. The van der Waals surface area contributed by atoms with Gasteiger partial charge >= 0.3 is 0 Å². The molecule has 0 bridgehead atoms. The number of aliphatic hydroxyl groups is 1.